The minimum Gasteiger partial charge on any atom is -0.304 e. The Labute approximate surface area is 121 Å². The molecule has 0 spiro atoms. The predicted molar refractivity (Wildman–Crippen MR) is 79.2 cm³/mol. The Kier molecular flexibility index (Phi) is 3.44. The summed E-state index contributed by atoms with van der Waals surface area (Å²) in [6.07, 6.45) is 3.07. The minimum atomic E-state index is -0.192. The monoisotopic (exact) mass is 291 g/mol. The molecule has 0 aliphatic carbocycles. The van der Waals surface area contributed by atoms with Gasteiger partial charge in [0.1, 0.15) is 0 Å². The Morgan fingerprint density at radius 2 is 2.21 bits per heavy atom. The molecule has 3 rings (SSSR count). The van der Waals surface area contributed by atoms with Gasteiger partial charge in [-0.25, -0.2) is 0 Å². The van der Waals surface area contributed by atoms with Crippen LogP contribution in [0.3, 0.4) is 0 Å². The maximum absolute atomic E-state index is 10.9. The first-order chi connectivity index (χ1) is 9.24. The number of carbonyl (C=O) groups excluding carboxylic acids is 1. The molecule has 0 radical (unpaired) electrons. The molecular formula is C15H14ClNOS. The molecule has 0 saturated carbocycles. The predicted octanol–water partition coefficient (Wildman–Crippen LogP) is 3.84. The zero-order valence-electron chi connectivity index (χ0n) is 10.4. The smallest absolute Gasteiger partial charge is 0.160 e. The lowest BCUT2D eigenvalue weighted by molar-refractivity contribution is 0.112. The third-order valence-electron chi connectivity index (χ3n) is 3.70. The van der Waals surface area contributed by atoms with Crippen molar-refractivity contribution in [3.63, 3.8) is 0 Å². The molecule has 0 bridgehead atoms. The summed E-state index contributed by atoms with van der Waals surface area (Å²) in [6, 6.07) is 9.96. The van der Waals surface area contributed by atoms with Crippen LogP contribution in [0.25, 0.3) is 0 Å². The summed E-state index contributed by atoms with van der Waals surface area (Å²) in [7, 11) is 0. The molecule has 1 unspecified atom stereocenters. The van der Waals surface area contributed by atoms with Gasteiger partial charge in [0.2, 0.25) is 0 Å². The molecule has 2 aromatic rings. The van der Waals surface area contributed by atoms with Gasteiger partial charge in [0, 0.05) is 5.02 Å². The van der Waals surface area contributed by atoms with Crippen molar-refractivity contribution in [2.45, 2.75) is 18.4 Å². The molecule has 1 atom stereocenters. The van der Waals surface area contributed by atoms with Crippen LogP contribution in [0, 0.1) is 0 Å². The zero-order valence-corrected chi connectivity index (χ0v) is 11.9. The fourth-order valence-electron chi connectivity index (χ4n) is 2.80. The Bertz CT molecular complexity index is 602. The van der Waals surface area contributed by atoms with Crippen molar-refractivity contribution < 1.29 is 4.79 Å². The Hall–Kier alpha value is -1.16. The number of halogens is 1. The van der Waals surface area contributed by atoms with Crippen molar-refractivity contribution in [2.75, 3.05) is 6.54 Å². The molecule has 1 aromatic carbocycles. The van der Waals surface area contributed by atoms with E-state index >= 15 is 0 Å². The second-order valence-corrected chi connectivity index (χ2v) is 6.18. The van der Waals surface area contributed by atoms with Gasteiger partial charge in [0.05, 0.1) is 10.4 Å². The third kappa shape index (κ3) is 2.22. The van der Waals surface area contributed by atoms with Crippen LogP contribution in [0.5, 0.6) is 0 Å². The van der Waals surface area contributed by atoms with Gasteiger partial charge in [-0.2, -0.15) is 0 Å². The Morgan fingerprint density at radius 3 is 2.84 bits per heavy atom. The fourth-order valence-corrected chi connectivity index (χ4v) is 3.77. The van der Waals surface area contributed by atoms with Crippen LogP contribution in [0.15, 0.2) is 35.7 Å². The van der Waals surface area contributed by atoms with Crippen LogP contribution in [-0.4, -0.2) is 12.8 Å². The van der Waals surface area contributed by atoms with Gasteiger partial charge in [-0.05, 0) is 54.1 Å². The van der Waals surface area contributed by atoms with Gasteiger partial charge >= 0.3 is 0 Å². The number of rotatable bonds is 3. The Balaban J connectivity index is 2.11. The molecule has 19 heavy (non-hydrogen) atoms. The molecule has 98 valence electrons. The van der Waals surface area contributed by atoms with Gasteiger partial charge in [0.25, 0.3) is 0 Å². The number of nitrogens with one attached hydrogen (secondary N) is 1. The topological polar surface area (TPSA) is 29.1 Å². The van der Waals surface area contributed by atoms with Gasteiger partial charge in [-0.15, -0.1) is 11.3 Å². The summed E-state index contributed by atoms with van der Waals surface area (Å²) in [6.45, 7) is 0.985. The molecule has 1 aromatic heterocycles. The highest BCUT2D eigenvalue weighted by molar-refractivity contribution is 7.11. The molecule has 1 saturated heterocycles. The van der Waals surface area contributed by atoms with E-state index in [-0.39, 0.29) is 5.54 Å². The summed E-state index contributed by atoms with van der Waals surface area (Å²) in [4.78, 5) is 11.7. The standard InChI is InChI=1S/C15H14ClNOS/c16-13-4-1-3-11(7-13)15(5-2-6-17-15)12-8-14(9-18)19-10-12/h1,3-4,7-10,17H,2,5-6H2. The SMILES string of the molecule is O=Cc1cc(C2(c3cccc(Cl)c3)CCCN2)cs1. The molecule has 1 N–H and O–H groups in total. The molecule has 2 nitrogen and oxygen atoms in total. The highest BCUT2D eigenvalue weighted by atomic mass is 35.5. The highest BCUT2D eigenvalue weighted by Crippen LogP contribution is 2.39. The average Bonchev–Trinajstić information content (AvgIpc) is 3.08. The molecule has 4 heteroatoms. The summed E-state index contributed by atoms with van der Waals surface area (Å²) in [5.74, 6) is 0. The van der Waals surface area contributed by atoms with Crippen molar-refractivity contribution in [3.8, 4) is 0 Å². The van der Waals surface area contributed by atoms with E-state index in [1.165, 1.54) is 22.5 Å². The molecule has 0 amide bonds. The van der Waals surface area contributed by atoms with E-state index in [9.17, 15) is 4.79 Å². The van der Waals surface area contributed by atoms with E-state index in [1.807, 2.05) is 24.3 Å². The van der Waals surface area contributed by atoms with Crippen LogP contribution < -0.4 is 5.32 Å². The fraction of sp³-hybridized carbons (Fsp3) is 0.267. The average molecular weight is 292 g/mol. The molecule has 1 fully saturated rings. The number of hydrogen-bond acceptors (Lipinski definition) is 3. The van der Waals surface area contributed by atoms with Crippen molar-refractivity contribution in [1.29, 1.82) is 0 Å². The number of benzene rings is 1. The summed E-state index contributed by atoms with van der Waals surface area (Å²) < 4.78 is 0. The summed E-state index contributed by atoms with van der Waals surface area (Å²) in [5, 5.41) is 6.42. The van der Waals surface area contributed by atoms with Gasteiger partial charge in [-0.3, -0.25) is 4.79 Å². The van der Waals surface area contributed by atoms with Crippen molar-refractivity contribution in [2.24, 2.45) is 0 Å². The van der Waals surface area contributed by atoms with Gasteiger partial charge < -0.3 is 5.32 Å². The van der Waals surface area contributed by atoms with Crippen LogP contribution >= 0.6 is 22.9 Å². The molecule has 1 aliphatic rings. The van der Waals surface area contributed by atoms with E-state index in [4.69, 9.17) is 11.6 Å². The van der Waals surface area contributed by atoms with Gasteiger partial charge in [0.15, 0.2) is 6.29 Å². The van der Waals surface area contributed by atoms with Crippen LogP contribution in [0.1, 0.15) is 33.6 Å². The lowest BCUT2D eigenvalue weighted by atomic mass is 9.83. The molecular weight excluding hydrogens is 278 g/mol. The largest absolute Gasteiger partial charge is 0.304 e. The third-order valence-corrected chi connectivity index (χ3v) is 4.79. The zero-order chi connectivity index (χ0) is 13.3. The van der Waals surface area contributed by atoms with E-state index < -0.39 is 0 Å². The molecule has 1 aliphatic heterocycles. The number of hydrogen-bond donors (Lipinski definition) is 1. The lowest BCUT2D eigenvalue weighted by Gasteiger charge is -2.30. The number of carbonyl (C=O) groups is 1. The second kappa shape index (κ2) is 5.08. The van der Waals surface area contributed by atoms with Crippen molar-refractivity contribution in [1.82, 2.24) is 5.32 Å². The van der Waals surface area contributed by atoms with Gasteiger partial charge in [-0.1, -0.05) is 23.7 Å². The summed E-state index contributed by atoms with van der Waals surface area (Å²) >= 11 is 7.62. The highest BCUT2D eigenvalue weighted by Gasteiger charge is 2.37. The van der Waals surface area contributed by atoms with E-state index in [2.05, 4.69) is 16.8 Å². The normalized spacial score (nSPS) is 22.6. The van der Waals surface area contributed by atoms with Crippen molar-refractivity contribution >= 4 is 29.2 Å². The van der Waals surface area contributed by atoms with E-state index in [0.29, 0.717) is 0 Å². The van der Waals surface area contributed by atoms with E-state index in [0.717, 1.165) is 35.6 Å². The quantitative estimate of drug-likeness (QED) is 0.871. The minimum absolute atomic E-state index is 0.192. The van der Waals surface area contributed by atoms with Crippen LogP contribution in [-0.2, 0) is 5.54 Å². The number of thiophene rings is 1. The van der Waals surface area contributed by atoms with Crippen molar-refractivity contribution in [3.05, 3.63) is 56.7 Å². The number of aldehydes is 1. The van der Waals surface area contributed by atoms with E-state index in [1.54, 1.807) is 0 Å². The first-order valence-corrected chi connectivity index (χ1v) is 7.56. The van der Waals surface area contributed by atoms with Crippen LogP contribution in [0.4, 0.5) is 0 Å². The second-order valence-electron chi connectivity index (χ2n) is 4.80. The maximum Gasteiger partial charge on any atom is 0.160 e. The Morgan fingerprint density at radius 1 is 1.32 bits per heavy atom. The summed E-state index contributed by atoms with van der Waals surface area (Å²) in [5.41, 5.74) is 2.15. The first kappa shape index (κ1) is 12.9. The first-order valence-electron chi connectivity index (χ1n) is 6.30. The molecule has 2 heterocycles. The lowest BCUT2D eigenvalue weighted by Crippen LogP contribution is -2.37. The van der Waals surface area contributed by atoms with Crippen LogP contribution in [0.2, 0.25) is 5.02 Å². The maximum atomic E-state index is 10.9.